The van der Waals surface area contributed by atoms with E-state index in [1.807, 2.05) is 7.05 Å². The van der Waals surface area contributed by atoms with E-state index < -0.39 is 10.0 Å². The Morgan fingerprint density at radius 3 is 2.00 bits per heavy atom. The van der Waals surface area contributed by atoms with Crippen molar-refractivity contribution < 1.29 is 8.42 Å². The Balaban J connectivity index is 2.40. The van der Waals surface area contributed by atoms with Crippen molar-refractivity contribution in [3.63, 3.8) is 0 Å². The van der Waals surface area contributed by atoms with Crippen molar-refractivity contribution in [1.82, 2.24) is 9.21 Å². The van der Waals surface area contributed by atoms with Gasteiger partial charge < -0.3 is 10.6 Å². The van der Waals surface area contributed by atoms with Crippen molar-refractivity contribution in [1.29, 1.82) is 0 Å². The number of rotatable bonds is 2. The monoisotopic (exact) mass is 283 g/mol. The maximum atomic E-state index is 12.7. The van der Waals surface area contributed by atoms with Crippen LogP contribution in [0.15, 0.2) is 17.0 Å². The van der Waals surface area contributed by atoms with Gasteiger partial charge in [0.25, 0.3) is 0 Å². The molecule has 0 amide bonds. The van der Waals surface area contributed by atoms with E-state index in [9.17, 15) is 8.42 Å². The predicted octanol–water partition coefficient (Wildman–Crippen LogP) is 0.822. The average Bonchev–Trinajstić information content (AvgIpc) is 2.27. The van der Waals surface area contributed by atoms with Crippen molar-refractivity contribution in [3.05, 3.63) is 23.3 Å². The summed E-state index contributed by atoms with van der Waals surface area (Å²) in [7, 11) is -1.41. The van der Waals surface area contributed by atoms with Crippen LogP contribution in [0.25, 0.3) is 0 Å². The molecule has 0 bridgehead atoms. The first-order chi connectivity index (χ1) is 8.82. The fourth-order valence-corrected chi connectivity index (χ4v) is 4.38. The number of hydrogen-bond acceptors (Lipinski definition) is 4. The number of nitrogens with zero attached hydrogens (tertiary/aromatic N) is 2. The van der Waals surface area contributed by atoms with Gasteiger partial charge in [0.1, 0.15) is 0 Å². The molecule has 2 rings (SSSR count). The van der Waals surface area contributed by atoms with Gasteiger partial charge in [-0.05, 0) is 44.2 Å². The largest absolute Gasteiger partial charge is 0.399 e. The zero-order valence-electron chi connectivity index (χ0n) is 11.7. The molecule has 1 aliphatic heterocycles. The summed E-state index contributed by atoms with van der Waals surface area (Å²) in [6.45, 7) is 6.22. The van der Waals surface area contributed by atoms with E-state index >= 15 is 0 Å². The highest BCUT2D eigenvalue weighted by molar-refractivity contribution is 7.89. The standard InChI is InChI=1S/C13H21N3O2S/c1-10-8-12(14)9-11(2)13(10)19(17,18)16-6-4-15(3)5-7-16/h8-9H,4-7,14H2,1-3H3. The third-order valence-electron chi connectivity index (χ3n) is 3.54. The van der Waals surface area contributed by atoms with Gasteiger partial charge in [-0.1, -0.05) is 0 Å². The number of nitrogens with two attached hydrogens (primary N) is 1. The summed E-state index contributed by atoms with van der Waals surface area (Å²) in [6, 6.07) is 3.44. The second kappa shape index (κ2) is 5.11. The van der Waals surface area contributed by atoms with E-state index in [1.54, 1.807) is 30.3 Å². The van der Waals surface area contributed by atoms with E-state index in [0.717, 1.165) is 24.2 Å². The summed E-state index contributed by atoms with van der Waals surface area (Å²) in [5, 5.41) is 0. The molecule has 1 heterocycles. The summed E-state index contributed by atoms with van der Waals surface area (Å²) in [5.74, 6) is 0. The summed E-state index contributed by atoms with van der Waals surface area (Å²) >= 11 is 0. The number of nitrogen functional groups attached to an aromatic ring is 1. The molecular weight excluding hydrogens is 262 g/mol. The molecule has 1 fully saturated rings. The Morgan fingerprint density at radius 2 is 1.53 bits per heavy atom. The normalized spacial score (nSPS) is 18.7. The lowest BCUT2D eigenvalue weighted by molar-refractivity contribution is 0.222. The first-order valence-electron chi connectivity index (χ1n) is 6.38. The highest BCUT2D eigenvalue weighted by atomic mass is 32.2. The average molecular weight is 283 g/mol. The Labute approximate surface area is 115 Å². The minimum absolute atomic E-state index is 0.409. The summed E-state index contributed by atoms with van der Waals surface area (Å²) in [5.41, 5.74) is 7.80. The van der Waals surface area contributed by atoms with Gasteiger partial charge in [-0.25, -0.2) is 8.42 Å². The third-order valence-corrected chi connectivity index (χ3v) is 5.75. The zero-order valence-corrected chi connectivity index (χ0v) is 12.5. The molecule has 1 aliphatic rings. The van der Waals surface area contributed by atoms with Gasteiger partial charge >= 0.3 is 0 Å². The minimum Gasteiger partial charge on any atom is -0.399 e. The van der Waals surface area contributed by atoms with Crippen LogP contribution in [0.4, 0.5) is 5.69 Å². The van der Waals surface area contributed by atoms with Crippen LogP contribution in [0.5, 0.6) is 0 Å². The number of piperazine rings is 1. The molecule has 6 heteroatoms. The molecule has 0 saturated carbocycles. The molecule has 0 radical (unpaired) electrons. The van der Waals surface area contributed by atoms with Crippen LogP contribution in [-0.2, 0) is 10.0 Å². The Kier molecular flexibility index (Phi) is 3.85. The van der Waals surface area contributed by atoms with Crippen LogP contribution < -0.4 is 5.73 Å². The van der Waals surface area contributed by atoms with Crippen LogP contribution >= 0.6 is 0 Å². The van der Waals surface area contributed by atoms with E-state index in [2.05, 4.69) is 4.90 Å². The first kappa shape index (κ1) is 14.3. The van der Waals surface area contributed by atoms with Crippen LogP contribution in [0, 0.1) is 13.8 Å². The number of anilines is 1. The van der Waals surface area contributed by atoms with Crippen molar-refractivity contribution in [2.45, 2.75) is 18.7 Å². The molecule has 0 unspecified atom stereocenters. The summed E-state index contributed by atoms with van der Waals surface area (Å²) in [4.78, 5) is 2.54. The van der Waals surface area contributed by atoms with Gasteiger partial charge in [0.2, 0.25) is 10.0 Å². The fourth-order valence-electron chi connectivity index (χ4n) is 2.55. The van der Waals surface area contributed by atoms with Crippen molar-refractivity contribution in [3.8, 4) is 0 Å². The van der Waals surface area contributed by atoms with Gasteiger partial charge in [0.15, 0.2) is 0 Å². The van der Waals surface area contributed by atoms with Gasteiger partial charge in [0, 0.05) is 31.9 Å². The first-order valence-corrected chi connectivity index (χ1v) is 7.82. The van der Waals surface area contributed by atoms with E-state index in [0.29, 0.717) is 23.7 Å². The molecule has 2 N–H and O–H groups in total. The molecule has 1 aromatic rings. The highest BCUT2D eigenvalue weighted by Crippen LogP contribution is 2.26. The number of benzene rings is 1. The molecule has 5 nitrogen and oxygen atoms in total. The lowest BCUT2D eigenvalue weighted by Gasteiger charge is -2.32. The van der Waals surface area contributed by atoms with Crippen LogP contribution in [0.1, 0.15) is 11.1 Å². The number of likely N-dealkylation sites (N-methyl/N-ethyl adjacent to an activating group) is 1. The SMILES string of the molecule is Cc1cc(N)cc(C)c1S(=O)(=O)N1CCN(C)CC1. The topological polar surface area (TPSA) is 66.6 Å². The number of aryl methyl sites for hydroxylation is 2. The van der Waals surface area contributed by atoms with Crippen LogP contribution in [0.3, 0.4) is 0 Å². The van der Waals surface area contributed by atoms with Gasteiger partial charge in [-0.2, -0.15) is 4.31 Å². The number of hydrogen-bond donors (Lipinski definition) is 1. The number of sulfonamides is 1. The molecule has 1 aromatic carbocycles. The molecule has 0 aliphatic carbocycles. The quantitative estimate of drug-likeness (QED) is 0.816. The second-order valence-corrected chi connectivity index (χ2v) is 7.07. The van der Waals surface area contributed by atoms with Gasteiger partial charge in [-0.3, -0.25) is 0 Å². The maximum absolute atomic E-state index is 12.7. The van der Waals surface area contributed by atoms with E-state index in [4.69, 9.17) is 5.73 Å². The Hall–Kier alpha value is -1.11. The molecule has 0 atom stereocenters. The van der Waals surface area contributed by atoms with E-state index in [-0.39, 0.29) is 0 Å². The highest BCUT2D eigenvalue weighted by Gasteiger charge is 2.29. The second-order valence-electron chi connectivity index (χ2n) is 5.19. The molecule has 0 spiro atoms. The smallest absolute Gasteiger partial charge is 0.243 e. The van der Waals surface area contributed by atoms with Crippen molar-refractivity contribution in [2.75, 3.05) is 39.0 Å². The van der Waals surface area contributed by atoms with E-state index in [1.165, 1.54) is 0 Å². The lowest BCUT2D eigenvalue weighted by atomic mass is 10.1. The molecule has 19 heavy (non-hydrogen) atoms. The van der Waals surface area contributed by atoms with Gasteiger partial charge in [-0.15, -0.1) is 0 Å². The van der Waals surface area contributed by atoms with Crippen LogP contribution in [0.2, 0.25) is 0 Å². The fraction of sp³-hybridized carbons (Fsp3) is 0.538. The summed E-state index contributed by atoms with van der Waals surface area (Å²) in [6.07, 6.45) is 0. The molecular formula is C13H21N3O2S. The molecule has 106 valence electrons. The van der Waals surface area contributed by atoms with Gasteiger partial charge in [0.05, 0.1) is 4.90 Å². The van der Waals surface area contributed by atoms with Crippen molar-refractivity contribution >= 4 is 15.7 Å². The third kappa shape index (κ3) is 2.75. The molecule has 1 saturated heterocycles. The predicted molar refractivity (Wildman–Crippen MR) is 76.6 cm³/mol. The Morgan fingerprint density at radius 1 is 1.05 bits per heavy atom. The Bertz CT molecular complexity index is 553. The maximum Gasteiger partial charge on any atom is 0.243 e. The summed E-state index contributed by atoms with van der Waals surface area (Å²) < 4.78 is 27.0. The van der Waals surface area contributed by atoms with Crippen LogP contribution in [-0.4, -0.2) is 50.8 Å². The minimum atomic E-state index is -3.41. The zero-order chi connectivity index (χ0) is 14.2. The molecule has 0 aromatic heterocycles. The van der Waals surface area contributed by atoms with Crippen molar-refractivity contribution in [2.24, 2.45) is 0 Å². The lowest BCUT2D eigenvalue weighted by Crippen LogP contribution is -2.47.